The number of allylic oxidation sites excluding steroid dienone is 1. The van der Waals surface area contributed by atoms with E-state index in [1.807, 2.05) is 67.6 Å². The summed E-state index contributed by atoms with van der Waals surface area (Å²) in [6, 6.07) is 25.6. The smallest absolute Gasteiger partial charge is 0.296 e. The molecule has 0 radical (unpaired) electrons. The largest absolute Gasteiger partial charge is 0.503 e. The average Bonchev–Trinajstić information content (AvgIpc) is 3.54. The Morgan fingerprint density at radius 3 is 2.41 bits per heavy atom. The number of ketones is 1. The van der Waals surface area contributed by atoms with Gasteiger partial charge in [-0.15, -0.1) is 10.2 Å². The normalized spacial score (nSPS) is 15.4. The van der Waals surface area contributed by atoms with Gasteiger partial charge in [-0.05, 0) is 41.8 Å². The van der Waals surface area contributed by atoms with E-state index in [0.29, 0.717) is 33.1 Å². The van der Waals surface area contributed by atoms with Gasteiger partial charge in [0.05, 0.1) is 18.2 Å². The SMILES string of the molecule is CCOc1ccc(C2C(C(=O)/C=C/c3ccccc3)=C(O)C(=O)N2c2nnc(SCc3ccccc3)s2)cc1. The third-order valence-corrected chi connectivity index (χ3v) is 8.14. The Bertz CT molecular complexity index is 1520. The lowest BCUT2D eigenvalue weighted by Crippen LogP contribution is -2.30. The summed E-state index contributed by atoms with van der Waals surface area (Å²) in [6.07, 6.45) is 3.04. The molecule has 1 unspecified atom stereocenters. The number of hydrogen-bond acceptors (Lipinski definition) is 8. The number of carbonyl (C=O) groups excluding carboxylic acids is 2. The second kappa shape index (κ2) is 12.1. The number of aliphatic hydroxyl groups is 1. The van der Waals surface area contributed by atoms with Crippen LogP contribution < -0.4 is 9.64 Å². The van der Waals surface area contributed by atoms with E-state index < -0.39 is 23.5 Å². The molecule has 0 saturated carbocycles. The molecule has 7 nitrogen and oxygen atoms in total. The summed E-state index contributed by atoms with van der Waals surface area (Å²) >= 11 is 2.75. The number of aromatic nitrogens is 2. The van der Waals surface area contributed by atoms with Gasteiger partial charge in [0.25, 0.3) is 5.91 Å². The maximum atomic E-state index is 13.4. The predicted octanol–water partition coefficient (Wildman–Crippen LogP) is 6.41. The molecule has 5 rings (SSSR count). The van der Waals surface area contributed by atoms with E-state index in [1.165, 1.54) is 34.1 Å². The van der Waals surface area contributed by atoms with Crippen LogP contribution in [0.5, 0.6) is 5.75 Å². The van der Waals surface area contributed by atoms with Crippen LogP contribution in [-0.4, -0.2) is 33.6 Å². The summed E-state index contributed by atoms with van der Waals surface area (Å²) in [7, 11) is 0. The molecule has 39 heavy (non-hydrogen) atoms. The molecule has 1 amide bonds. The summed E-state index contributed by atoms with van der Waals surface area (Å²) in [4.78, 5) is 28.2. The van der Waals surface area contributed by atoms with Gasteiger partial charge in [0.2, 0.25) is 5.13 Å². The van der Waals surface area contributed by atoms with Gasteiger partial charge in [0.1, 0.15) is 5.75 Å². The van der Waals surface area contributed by atoms with Crippen LogP contribution in [0.15, 0.2) is 107 Å². The molecule has 1 atom stereocenters. The van der Waals surface area contributed by atoms with E-state index in [1.54, 1.807) is 30.3 Å². The zero-order valence-corrected chi connectivity index (χ0v) is 22.7. The quantitative estimate of drug-likeness (QED) is 0.137. The fourth-order valence-electron chi connectivity index (χ4n) is 4.19. The van der Waals surface area contributed by atoms with Crippen molar-refractivity contribution in [3.05, 3.63) is 119 Å². The lowest BCUT2D eigenvalue weighted by Gasteiger charge is -2.24. The molecule has 0 aliphatic carbocycles. The van der Waals surface area contributed by atoms with Crippen molar-refractivity contribution in [2.24, 2.45) is 0 Å². The van der Waals surface area contributed by atoms with Crippen LogP contribution in [0.4, 0.5) is 5.13 Å². The number of carbonyl (C=O) groups is 2. The third kappa shape index (κ3) is 5.94. The van der Waals surface area contributed by atoms with Gasteiger partial charge in [0, 0.05) is 5.75 Å². The minimum Gasteiger partial charge on any atom is -0.503 e. The van der Waals surface area contributed by atoms with Crippen molar-refractivity contribution in [2.45, 2.75) is 23.1 Å². The highest BCUT2D eigenvalue weighted by Crippen LogP contribution is 2.43. The summed E-state index contributed by atoms with van der Waals surface area (Å²) in [5, 5.41) is 19.8. The standard InChI is InChI=1S/C30H25N3O4S2/c1-2-37-23-16-14-22(15-17-23)26-25(24(34)18-13-20-9-5-3-6-10-20)27(35)28(36)33(26)29-31-32-30(39-29)38-19-21-11-7-4-8-12-21/h3-18,26,35H,2,19H2,1H3/b18-13+. The highest BCUT2D eigenvalue weighted by Gasteiger charge is 2.45. The first-order valence-electron chi connectivity index (χ1n) is 12.3. The molecule has 0 fully saturated rings. The van der Waals surface area contributed by atoms with Gasteiger partial charge in [-0.25, -0.2) is 0 Å². The molecular weight excluding hydrogens is 530 g/mol. The van der Waals surface area contributed by atoms with Gasteiger partial charge in [-0.3, -0.25) is 14.5 Å². The van der Waals surface area contributed by atoms with Gasteiger partial charge in [-0.1, -0.05) is 102 Å². The van der Waals surface area contributed by atoms with Crippen LogP contribution in [0.2, 0.25) is 0 Å². The summed E-state index contributed by atoms with van der Waals surface area (Å²) < 4.78 is 6.24. The zero-order valence-electron chi connectivity index (χ0n) is 21.1. The Morgan fingerprint density at radius 1 is 1.03 bits per heavy atom. The van der Waals surface area contributed by atoms with Crippen molar-refractivity contribution in [1.82, 2.24) is 10.2 Å². The molecular formula is C30H25N3O4S2. The summed E-state index contributed by atoms with van der Waals surface area (Å²) in [5.41, 5.74) is 2.60. The van der Waals surface area contributed by atoms with E-state index in [0.717, 1.165) is 11.1 Å². The molecule has 1 aromatic heterocycles. The van der Waals surface area contributed by atoms with Gasteiger partial charge in [0.15, 0.2) is 15.9 Å². The molecule has 1 N–H and O–H groups in total. The number of hydrogen-bond donors (Lipinski definition) is 1. The fourth-order valence-corrected chi connectivity index (χ4v) is 6.01. The molecule has 0 bridgehead atoms. The fraction of sp³-hybridized carbons (Fsp3) is 0.133. The first-order valence-corrected chi connectivity index (χ1v) is 14.1. The Labute approximate surface area is 234 Å². The maximum absolute atomic E-state index is 13.4. The Hall–Kier alpha value is -4.21. The number of aliphatic hydroxyl groups excluding tert-OH is 1. The Kier molecular flexibility index (Phi) is 8.19. The van der Waals surface area contributed by atoms with E-state index in [2.05, 4.69) is 10.2 Å². The van der Waals surface area contributed by atoms with Crippen LogP contribution >= 0.6 is 23.1 Å². The number of anilines is 1. The van der Waals surface area contributed by atoms with E-state index in [-0.39, 0.29) is 5.57 Å². The maximum Gasteiger partial charge on any atom is 0.296 e. The predicted molar refractivity (Wildman–Crippen MR) is 154 cm³/mol. The lowest BCUT2D eigenvalue weighted by molar-refractivity contribution is -0.117. The molecule has 9 heteroatoms. The number of thioether (sulfide) groups is 1. The van der Waals surface area contributed by atoms with E-state index in [9.17, 15) is 14.7 Å². The molecule has 1 aliphatic rings. The number of benzene rings is 3. The van der Waals surface area contributed by atoms with Crippen LogP contribution in [0.25, 0.3) is 6.08 Å². The highest BCUT2D eigenvalue weighted by molar-refractivity contribution is 8.00. The number of ether oxygens (including phenoxy) is 1. The molecule has 0 saturated heterocycles. The third-order valence-electron chi connectivity index (χ3n) is 6.01. The van der Waals surface area contributed by atoms with Crippen molar-refractivity contribution < 1.29 is 19.4 Å². The Balaban J connectivity index is 1.47. The molecule has 1 aliphatic heterocycles. The molecule has 0 spiro atoms. The monoisotopic (exact) mass is 555 g/mol. The van der Waals surface area contributed by atoms with Gasteiger partial charge in [-0.2, -0.15) is 0 Å². The molecule has 196 valence electrons. The Morgan fingerprint density at radius 2 is 1.72 bits per heavy atom. The van der Waals surface area contributed by atoms with Crippen LogP contribution in [0, 0.1) is 0 Å². The molecule has 2 heterocycles. The van der Waals surface area contributed by atoms with Crippen LogP contribution in [0.1, 0.15) is 29.7 Å². The molecule has 3 aromatic carbocycles. The van der Waals surface area contributed by atoms with E-state index >= 15 is 0 Å². The van der Waals surface area contributed by atoms with Gasteiger partial charge >= 0.3 is 0 Å². The van der Waals surface area contributed by atoms with Crippen LogP contribution in [-0.2, 0) is 15.3 Å². The van der Waals surface area contributed by atoms with Gasteiger partial charge < -0.3 is 9.84 Å². The summed E-state index contributed by atoms with van der Waals surface area (Å²) in [6.45, 7) is 2.40. The lowest BCUT2D eigenvalue weighted by atomic mass is 9.95. The minimum absolute atomic E-state index is 0.00923. The highest BCUT2D eigenvalue weighted by atomic mass is 32.2. The van der Waals surface area contributed by atoms with Crippen molar-refractivity contribution >= 4 is 46.0 Å². The van der Waals surface area contributed by atoms with Crippen molar-refractivity contribution in [2.75, 3.05) is 11.5 Å². The van der Waals surface area contributed by atoms with Crippen molar-refractivity contribution in [3.8, 4) is 5.75 Å². The second-order valence-corrected chi connectivity index (χ2v) is 10.8. The summed E-state index contributed by atoms with van der Waals surface area (Å²) in [5.74, 6) is -0.387. The van der Waals surface area contributed by atoms with Crippen molar-refractivity contribution in [1.29, 1.82) is 0 Å². The molecule has 4 aromatic rings. The van der Waals surface area contributed by atoms with E-state index in [4.69, 9.17) is 4.74 Å². The minimum atomic E-state index is -0.874. The zero-order chi connectivity index (χ0) is 27.2. The van der Waals surface area contributed by atoms with Crippen LogP contribution in [0.3, 0.4) is 0 Å². The first kappa shape index (κ1) is 26.4. The number of amides is 1. The first-order chi connectivity index (χ1) is 19.0. The van der Waals surface area contributed by atoms with Crippen molar-refractivity contribution in [3.63, 3.8) is 0 Å². The average molecular weight is 556 g/mol. The number of rotatable bonds is 10. The topological polar surface area (TPSA) is 92.6 Å². The number of nitrogens with zero attached hydrogens (tertiary/aromatic N) is 3. The second-order valence-electron chi connectivity index (χ2n) is 8.58.